The number of nitrogens with zero attached hydrogens (tertiary/aromatic N) is 3. The number of aryl methyl sites for hydroxylation is 1. The van der Waals surface area contributed by atoms with Gasteiger partial charge in [0.05, 0.1) is 0 Å². The molecule has 0 aliphatic carbocycles. The molecule has 0 amide bonds. The second-order valence-electron chi connectivity index (χ2n) is 4.07. The predicted octanol–water partition coefficient (Wildman–Crippen LogP) is 1.60. The van der Waals surface area contributed by atoms with Gasteiger partial charge in [0.15, 0.2) is 0 Å². The second kappa shape index (κ2) is 3.84. The molecule has 88 valence electrons. The zero-order valence-electron chi connectivity index (χ0n) is 9.08. The van der Waals surface area contributed by atoms with Crippen molar-refractivity contribution in [2.75, 3.05) is 23.7 Å². The molecule has 6 heteroatoms. The van der Waals surface area contributed by atoms with Gasteiger partial charge in [-0.3, -0.25) is 0 Å². The molecule has 1 aliphatic heterocycles. The Morgan fingerprint density at radius 3 is 2.50 bits per heavy atom. The Bertz CT molecular complexity index is 364. The van der Waals surface area contributed by atoms with E-state index in [0.29, 0.717) is 18.9 Å². The number of alkyl halides is 2. The molecule has 1 saturated heterocycles. The molecule has 2 heterocycles. The Labute approximate surface area is 92.5 Å². The quantitative estimate of drug-likeness (QED) is 0.793. The number of anilines is 2. The van der Waals surface area contributed by atoms with Gasteiger partial charge in [0.1, 0.15) is 5.82 Å². The lowest BCUT2D eigenvalue weighted by molar-refractivity contribution is -0.0221. The number of hydrogen-bond acceptors (Lipinski definition) is 4. The number of rotatable bonds is 1. The third kappa shape index (κ3) is 2.37. The van der Waals surface area contributed by atoms with Crippen LogP contribution in [0.1, 0.15) is 18.5 Å². The van der Waals surface area contributed by atoms with E-state index in [4.69, 9.17) is 5.73 Å². The average molecular weight is 228 g/mol. The van der Waals surface area contributed by atoms with Crippen molar-refractivity contribution in [2.45, 2.75) is 25.7 Å². The number of nitrogens with two attached hydrogens (primary N) is 1. The van der Waals surface area contributed by atoms with E-state index >= 15 is 0 Å². The maximum atomic E-state index is 13.0. The largest absolute Gasteiger partial charge is 0.368 e. The highest BCUT2D eigenvalue weighted by molar-refractivity contribution is 5.43. The van der Waals surface area contributed by atoms with E-state index < -0.39 is 5.92 Å². The third-order valence-electron chi connectivity index (χ3n) is 2.68. The molecule has 0 aromatic carbocycles. The van der Waals surface area contributed by atoms with Crippen LogP contribution in [0.3, 0.4) is 0 Å². The third-order valence-corrected chi connectivity index (χ3v) is 2.68. The zero-order valence-corrected chi connectivity index (χ0v) is 9.08. The molecule has 4 nitrogen and oxygen atoms in total. The van der Waals surface area contributed by atoms with E-state index in [1.165, 1.54) is 0 Å². The van der Waals surface area contributed by atoms with Crippen molar-refractivity contribution in [1.29, 1.82) is 0 Å². The standard InChI is InChI=1S/C10H14F2N4/c1-7-6-8(15-9(13)14-7)16-4-2-10(11,12)3-5-16/h6H,2-5H2,1H3,(H2,13,14,15). The van der Waals surface area contributed by atoms with Crippen LogP contribution in [0.15, 0.2) is 6.07 Å². The monoisotopic (exact) mass is 228 g/mol. The highest BCUT2D eigenvalue weighted by Crippen LogP contribution is 2.29. The lowest BCUT2D eigenvalue weighted by atomic mass is 10.1. The minimum absolute atomic E-state index is 0.129. The molecule has 0 bridgehead atoms. The highest BCUT2D eigenvalue weighted by atomic mass is 19.3. The first kappa shape index (κ1) is 11.0. The minimum atomic E-state index is -2.54. The summed E-state index contributed by atoms with van der Waals surface area (Å²) in [7, 11) is 0. The van der Waals surface area contributed by atoms with Crippen molar-refractivity contribution in [3.63, 3.8) is 0 Å². The van der Waals surface area contributed by atoms with Crippen LogP contribution in [0, 0.1) is 6.92 Å². The van der Waals surface area contributed by atoms with Crippen LogP contribution in [0.2, 0.25) is 0 Å². The lowest BCUT2D eigenvalue weighted by Gasteiger charge is -2.32. The van der Waals surface area contributed by atoms with Gasteiger partial charge in [-0.1, -0.05) is 0 Å². The van der Waals surface area contributed by atoms with Crippen molar-refractivity contribution >= 4 is 11.8 Å². The molecule has 1 aliphatic rings. The number of nitrogen functional groups attached to an aromatic ring is 1. The van der Waals surface area contributed by atoms with Gasteiger partial charge in [-0.2, -0.15) is 4.98 Å². The first-order valence-corrected chi connectivity index (χ1v) is 5.20. The molecular weight excluding hydrogens is 214 g/mol. The number of hydrogen-bond donors (Lipinski definition) is 1. The summed E-state index contributed by atoms with van der Waals surface area (Å²) >= 11 is 0. The molecule has 2 N–H and O–H groups in total. The summed E-state index contributed by atoms with van der Waals surface area (Å²) < 4.78 is 25.9. The van der Waals surface area contributed by atoms with Gasteiger partial charge in [-0.15, -0.1) is 0 Å². The van der Waals surface area contributed by atoms with Gasteiger partial charge >= 0.3 is 0 Å². The molecule has 1 aromatic heterocycles. The Morgan fingerprint density at radius 1 is 1.31 bits per heavy atom. The molecule has 2 rings (SSSR count). The normalized spacial score (nSPS) is 19.8. The van der Waals surface area contributed by atoms with E-state index in [2.05, 4.69) is 9.97 Å². The van der Waals surface area contributed by atoms with Crippen LogP contribution < -0.4 is 10.6 Å². The summed E-state index contributed by atoms with van der Waals surface area (Å²) in [5.41, 5.74) is 6.27. The van der Waals surface area contributed by atoms with Gasteiger partial charge < -0.3 is 10.6 Å². The maximum Gasteiger partial charge on any atom is 0.251 e. The van der Waals surface area contributed by atoms with Crippen LogP contribution >= 0.6 is 0 Å². The number of piperidine rings is 1. The van der Waals surface area contributed by atoms with E-state index in [-0.39, 0.29) is 18.8 Å². The Morgan fingerprint density at radius 2 is 1.94 bits per heavy atom. The van der Waals surface area contributed by atoms with Gasteiger partial charge in [0.25, 0.3) is 5.92 Å². The molecule has 0 atom stereocenters. The first-order valence-electron chi connectivity index (χ1n) is 5.20. The maximum absolute atomic E-state index is 13.0. The van der Waals surface area contributed by atoms with E-state index in [1.54, 1.807) is 13.0 Å². The minimum Gasteiger partial charge on any atom is -0.368 e. The van der Waals surface area contributed by atoms with Crippen LogP contribution in [-0.2, 0) is 0 Å². The molecule has 1 aromatic rings. The van der Waals surface area contributed by atoms with Gasteiger partial charge in [0, 0.05) is 37.7 Å². The topological polar surface area (TPSA) is 55.0 Å². The summed E-state index contributed by atoms with van der Waals surface area (Å²) in [5, 5.41) is 0. The number of aromatic nitrogens is 2. The van der Waals surface area contributed by atoms with Gasteiger partial charge in [0.2, 0.25) is 5.95 Å². The summed E-state index contributed by atoms with van der Waals surface area (Å²) in [5.74, 6) is -1.71. The molecule has 0 unspecified atom stereocenters. The highest BCUT2D eigenvalue weighted by Gasteiger charge is 2.34. The van der Waals surface area contributed by atoms with Crippen molar-refractivity contribution in [3.05, 3.63) is 11.8 Å². The van der Waals surface area contributed by atoms with Crippen LogP contribution in [0.25, 0.3) is 0 Å². The van der Waals surface area contributed by atoms with E-state index in [1.807, 2.05) is 4.90 Å². The lowest BCUT2D eigenvalue weighted by Crippen LogP contribution is -2.39. The smallest absolute Gasteiger partial charge is 0.251 e. The van der Waals surface area contributed by atoms with Gasteiger partial charge in [-0.05, 0) is 6.92 Å². The zero-order chi connectivity index (χ0) is 11.8. The first-order chi connectivity index (χ1) is 7.46. The predicted molar refractivity (Wildman–Crippen MR) is 57.6 cm³/mol. The summed E-state index contributed by atoms with van der Waals surface area (Å²) in [6, 6.07) is 1.76. The Hall–Kier alpha value is -1.46. The number of halogens is 2. The molecule has 1 fully saturated rings. The molecular formula is C10H14F2N4. The SMILES string of the molecule is Cc1cc(N2CCC(F)(F)CC2)nc(N)n1. The van der Waals surface area contributed by atoms with Crippen LogP contribution in [-0.4, -0.2) is 29.0 Å². The van der Waals surface area contributed by atoms with Crippen molar-refractivity contribution < 1.29 is 8.78 Å². The summed E-state index contributed by atoms with van der Waals surface area (Å²) in [6.45, 7) is 2.42. The molecule has 0 spiro atoms. The van der Waals surface area contributed by atoms with E-state index in [0.717, 1.165) is 5.69 Å². The average Bonchev–Trinajstić information content (AvgIpc) is 2.15. The fraction of sp³-hybridized carbons (Fsp3) is 0.600. The van der Waals surface area contributed by atoms with Crippen molar-refractivity contribution in [2.24, 2.45) is 0 Å². The molecule has 0 radical (unpaired) electrons. The Balaban J connectivity index is 2.14. The van der Waals surface area contributed by atoms with E-state index in [9.17, 15) is 8.78 Å². The van der Waals surface area contributed by atoms with Crippen molar-refractivity contribution in [3.8, 4) is 0 Å². The fourth-order valence-electron chi connectivity index (χ4n) is 1.80. The van der Waals surface area contributed by atoms with Crippen molar-refractivity contribution in [1.82, 2.24) is 9.97 Å². The van der Waals surface area contributed by atoms with Crippen LogP contribution in [0.4, 0.5) is 20.5 Å². The summed E-state index contributed by atoms with van der Waals surface area (Å²) in [6.07, 6.45) is -0.258. The Kier molecular flexibility index (Phi) is 2.65. The molecule has 16 heavy (non-hydrogen) atoms. The second-order valence-corrected chi connectivity index (χ2v) is 4.07. The van der Waals surface area contributed by atoms with Gasteiger partial charge in [-0.25, -0.2) is 13.8 Å². The fourth-order valence-corrected chi connectivity index (χ4v) is 1.80. The summed E-state index contributed by atoms with van der Waals surface area (Å²) in [4.78, 5) is 9.82. The molecule has 0 saturated carbocycles. The van der Waals surface area contributed by atoms with Crippen LogP contribution in [0.5, 0.6) is 0 Å².